The number of nitrogens with zero attached hydrogens (tertiary/aromatic N) is 6. The predicted octanol–water partition coefficient (Wildman–Crippen LogP) is 1.59. The molecule has 22 heteroatoms. The number of benzene rings is 2. The van der Waals surface area contributed by atoms with Crippen LogP contribution >= 0.6 is 0 Å². The maximum Gasteiger partial charge on any atom is 0.255 e. The van der Waals surface area contributed by atoms with Gasteiger partial charge in [-0.15, -0.1) is 5.10 Å². The monoisotopic (exact) mass is 915 g/mol. The molecule has 0 bridgehead atoms. The third-order valence-electron chi connectivity index (χ3n) is 10.7. The number of rotatable bonds is 27. The number of ether oxygens (including phenoxy) is 6. The number of hydrogen-bond donors (Lipinski definition) is 5. The van der Waals surface area contributed by atoms with E-state index in [-0.39, 0.29) is 55.4 Å². The molecule has 2 aliphatic heterocycles. The zero-order valence-electron chi connectivity index (χ0n) is 37.2. The number of methoxy groups -OCH3 is 2. The normalized spacial score (nSPS) is 14.5. The number of carbonyl (C=O) groups is 5. The van der Waals surface area contributed by atoms with Crippen molar-refractivity contribution >= 4 is 47.0 Å². The summed E-state index contributed by atoms with van der Waals surface area (Å²) in [6.07, 6.45) is 6.34. The SMILES string of the molecule is COc1cc(Cc2cnc(N)nc2N)cc(OC)c1OCCCCC(=O)NCCOCCOCCOCCn1cc(CCC(=O)Nc2cccc3c2CN(C2CCC(=O)NC2=O)C3=O)nn1. The van der Waals surface area contributed by atoms with E-state index >= 15 is 0 Å². The minimum Gasteiger partial charge on any atom is -0.493 e. The molecule has 2 aromatic carbocycles. The minimum absolute atomic E-state index is 0.0715. The summed E-state index contributed by atoms with van der Waals surface area (Å²) in [6, 6.07) is 8.02. The van der Waals surface area contributed by atoms with Crippen LogP contribution in [0.15, 0.2) is 42.7 Å². The molecule has 6 rings (SSSR count). The van der Waals surface area contributed by atoms with Gasteiger partial charge in [0.1, 0.15) is 11.9 Å². The predicted molar refractivity (Wildman–Crippen MR) is 237 cm³/mol. The number of anilines is 3. The summed E-state index contributed by atoms with van der Waals surface area (Å²) in [5.41, 5.74) is 15.4. The quantitative estimate of drug-likeness (QED) is 0.0419. The molecule has 7 N–H and O–H groups in total. The fraction of sp³-hybridized carbons (Fsp3) is 0.477. The van der Waals surface area contributed by atoms with Crippen LogP contribution in [0.2, 0.25) is 0 Å². The van der Waals surface area contributed by atoms with Crippen molar-refractivity contribution in [3.05, 3.63) is 70.7 Å². The van der Waals surface area contributed by atoms with Crippen molar-refractivity contribution in [1.29, 1.82) is 0 Å². The van der Waals surface area contributed by atoms with Gasteiger partial charge in [0.25, 0.3) is 5.91 Å². The van der Waals surface area contributed by atoms with Gasteiger partial charge in [-0.3, -0.25) is 29.3 Å². The van der Waals surface area contributed by atoms with Crippen LogP contribution in [-0.2, 0) is 59.3 Å². The van der Waals surface area contributed by atoms with Crippen molar-refractivity contribution < 1.29 is 52.4 Å². The van der Waals surface area contributed by atoms with Crippen LogP contribution in [-0.4, -0.2) is 132 Å². The molecular formula is C44H57N11O11. The third-order valence-corrected chi connectivity index (χ3v) is 10.7. The summed E-state index contributed by atoms with van der Waals surface area (Å²) in [7, 11) is 3.10. The van der Waals surface area contributed by atoms with E-state index in [4.69, 9.17) is 39.9 Å². The van der Waals surface area contributed by atoms with E-state index in [0.29, 0.717) is 137 Å². The number of nitrogens with one attached hydrogen (secondary N) is 3. The number of carbonyl (C=O) groups excluding carboxylic acids is 5. The van der Waals surface area contributed by atoms with Gasteiger partial charge in [0, 0.05) is 80.0 Å². The number of imide groups is 1. The molecule has 1 fully saturated rings. The number of unbranched alkanes of at least 4 members (excludes halogenated alkanes) is 1. The Morgan fingerprint density at radius 1 is 0.909 bits per heavy atom. The van der Waals surface area contributed by atoms with Crippen LogP contribution in [0, 0.1) is 0 Å². The van der Waals surface area contributed by atoms with Gasteiger partial charge in [0.2, 0.25) is 35.3 Å². The molecule has 0 aliphatic carbocycles. The lowest BCUT2D eigenvalue weighted by atomic mass is 10.0. The standard InChI is InChI=1S/C44H57N11O11/c1-61-35-23-28(22-29-25-48-44(46)51-41(29)45)24-36(62-2)40(35)66-15-4-3-8-37(56)47-13-16-63-18-20-65-21-19-64-17-14-54-26-30(52-53-54)9-11-38(57)49-33-7-5-6-31-32(33)27-55(43(31)60)34-10-12-39(58)50-42(34)59/h5-7,23-26,34H,3-4,8-22,27H2,1-2H3,(H,47,56)(H,49,57)(H,50,58,59)(H4,45,46,48,51). The highest BCUT2D eigenvalue weighted by Gasteiger charge is 2.40. The van der Waals surface area contributed by atoms with Crippen LogP contribution in [0.25, 0.3) is 0 Å². The topological polar surface area (TPSA) is 289 Å². The lowest BCUT2D eigenvalue weighted by Crippen LogP contribution is -2.52. The zero-order valence-corrected chi connectivity index (χ0v) is 37.2. The Kier molecular flexibility index (Phi) is 17.9. The molecule has 0 saturated carbocycles. The lowest BCUT2D eigenvalue weighted by Gasteiger charge is -2.29. The summed E-state index contributed by atoms with van der Waals surface area (Å²) in [6.45, 7) is 3.65. The molecular weight excluding hydrogens is 859 g/mol. The Hall–Kier alpha value is -6.91. The average molecular weight is 916 g/mol. The van der Waals surface area contributed by atoms with Crippen LogP contribution in [0.3, 0.4) is 0 Å². The third kappa shape index (κ3) is 13.8. The number of nitrogen functional groups attached to an aromatic ring is 2. The van der Waals surface area contributed by atoms with Crippen LogP contribution in [0.1, 0.15) is 71.3 Å². The molecule has 5 amide bonds. The fourth-order valence-electron chi connectivity index (χ4n) is 7.30. The number of amides is 5. The van der Waals surface area contributed by atoms with Crippen LogP contribution in [0.4, 0.5) is 17.5 Å². The summed E-state index contributed by atoms with van der Waals surface area (Å²) in [4.78, 5) is 71.7. The highest BCUT2D eigenvalue weighted by molar-refractivity contribution is 6.06. The van der Waals surface area contributed by atoms with Gasteiger partial charge in [-0.1, -0.05) is 11.3 Å². The van der Waals surface area contributed by atoms with E-state index in [1.165, 1.54) is 4.90 Å². The Morgan fingerprint density at radius 2 is 1.65 bits per heavy atom. The van der Waals surface area contributed by atoms with E-state index in [1.54, 1.807) is 49.5 Å². The highest BCUT2D eigenvalue weighted by atomic mass is 16.5. The second kappa shape index (κ2) is 24.4. The van der Waals surface area contributed by atoms with Gasteiger partial charge < -0.3 is 55.4 Å². The molecule has 0 radical (unpaired) electrons. The number of nitrogens with two attached hydrogens (primary N) is 2. The molecule has 1 atom stereocenters. The van der Waals surface area contributed by atoms with Crippen molar-refractivity contribution in [2.45, 2.75) is 70.5 Å². The van der Waals surface area contributed by atoms with E-state index < -0.39 is 11.9 Å². The van der Waals surface area contributed by atoms with E-state index in [1.807, 2.05) is 12.1 Å². The summed E-state index contributed by atoms with van der Waals surface area (Å²) < 4.78 is 35.5. The maximum atomic E-state index is 13.1. The van der Waals surface area contributed by atoms with Gasteiger partial charge in [-0.05, 0) is 49.1 Å². The second-order valence-electron chi connectivity index (χ2n) is 15.4. The Labute approximate surface area is 381 Å². The first kappa shape index (κ1) is 48.5. The number of hydrogen-bond acceptors (Lipinski definition) is 17. The maximum absolute atomic E-state index is 13.1. The molecule has 0 spiro atoms. The molecule has 66 heavy (non-hydrogen) atoms. The molecule has 1 saturated heterocycles. The highest BCUT2D eigenvalue weighted by Crippen LogP contribution is 2.39. The summed E-state index contributed by atoms with van der Waals surface area (Å²) in [5, 5.41) is 16.3. The van der Waals surface area contributed by atoms with Gasteiger partial charge >= 0.3 is 0 Å². The molecule has 22 nitrogen and oxygen atoms in total. The van der Waals surface area contributed by atoms with Crippen molar-refractivity contribution in [3.63, 3.8) is 0 Å². The molecule has 2 aromatic heterocycles. The average Bonchev–Trinajstić information content (AvgIpc) is 3.90. The number of piperidine rings is 1. The Bertz CT molecular complexity index is 2300. The minimum atomic E-state index is -0.738. The van der Waals surface area contributed by atoms with Crippen LogP contribution < -0.4 is 41.6 Å². The molecule has 354 valence electrons. The van der Waals surface area contributed by atoms with Gasteiger partial charge in [0.05, 0.1) is 72.7 Å². The Balaban J connectivity index is 0.750. The van der Waals surface area contributed by atoms with Crippen molar-refractivity contribution in [2.75, 3.05) is 83.8 Å². The fourth-order valence-corrected chi connectivity index (χ4v) is 7.30. The lowest BCUT2D eigenvalue weighted by molar-refractivity contribution is -0.137. The van der Waals surface area contributed by atoms with Crippen LogP contribution in [0.5, 0.6) is 17.2 Å². The van der Waals surface area contributed by atoms with Crippen molar-refractivity contribution in [3.8, 4) is 17.2 Å². The first-order valence-electron chi connectivity index (χ1n) is 21.7. The van der Waals surface area contributed by atoms with Gasteiger partial charge in [0.15, 0.2) is 11.5 Å². The van der Waals surface area contributed by atoms with E-state index in [2.05, 4.69) is 36.2 Å². The summed E-state index contributed by atoms with van der Waals surface area (Å²) >= 11 is 0. The molecule has 1 unspecified atom stereocenters. The summed E-state index contributed by atoms with van der Waals surface area (Å²) in [5.74, 6) is 0.421. The first-order chi connectivity index (χ1) is 32.0. The number of aromatic nitrogens is 5. The van der Waals surface area contributed by atoms with Crippen molar-refractivity contribution in [1.82, 2.24) is 40.5 Å². The second-order valence-corrected chi connectivity index (χ2v) is 15.4. The van der Waals surface area contributed by atoms with E-state index in [0.717, 1.165) is 11.1 Å². The number of fused-ring (bicyclic) bond motifs is 1. The molecule has 4 aromatic rings. The smallest absolute Gasteiger partial charge is 0.255 e. The Morgan fingerprint density at radius 3 is 2.38 bits per heavy atom. The van der Waals surface area contributed by atoms with Gasteiger partial charge in [-0.2, -0.15) is 4.98 Å². The first-order valence-corrected chi connectivity index (χ1v) is 21.7. The molecule has 2 aliphatic rings. The zero-order chi connectivity index (χ0) is 46.8. The van der Waals surface area contributed by atoms with Gasteiger partial charge in [-0.25, -0.2) is 9.67 Å². The van der Waals surface area contributed by atoms with Crippen molar-refractivity contribution in [2.24, 2.45) is 0 Å². The molecule has 4 heterocycles. The number of aryl methyl sites for hydroxylation is 1. The van der Waals surface area contributed by atoms with E-state index in [9.17, 15) is 24.0 Å². The largest absolute Gasteiger partial charge is 0.493 e.